The lowest BCUT2D eigenvalue weighted by Gasteiger charge is -2.15. The first kappa shape index (κ1) is 11.1. The van der Waals surface area contributed by atoms with E-state index in [9.17, 15) is 0 Å². The van der Waals surface area contributed by atoms with Crippen LogP contribution in [-0.2, 0) is 0 Å². The summed E-state index contributed by atoms with van der Waals surface area (Å²) in [6.07, 6.45) is 1.14. The molecule has 13 heavy (non-hydrogen) atoms. The summed E-state index contributed by atoms with van der Waals surface area (Å²) >= 11 is 8.22. The fourth-order valence-electron chi connectivity index (χ4n) is 1.40. The molecule has 0 bridgehead atoms. The lowest BCUT2D eigenvalue weighted by molar-refractivity contribution is 0.546. The average Bonchev–Trinajstić information content (AvgIpc) is 2.42. The van der Waals surface area contributed by atoms with Crippen LogP contribution in [-0.4, -0.2) is 0 Å². The maximum atomic E-state index is 6.39. The second-order valence-electron chi connectivity index (χ2n) is 3.69. The Bertz CT molecular complexity index is 278. The van der Waals surface area contributed by atoms with Crippen LogP contribution in [0.15, 0.2) is 6.07 Å². The molecule has 0 aliphatic rings. The van der Waals surface area contributed by atoms with E-state index in [1.54, 1.807) is 0 Å². The average molecular weight is 217 g/mol. The van der Waals surface area contributed by atoms with Crippen LogP contribution in [0.4, 0.5) is 0 Å². The molecule has 1 aromatic rings. The smallest absolute Gasteiger partial charge is 0.0706 e. The van der Waals surface area contributed by atoms with E-state index in [1.807, 2.05) is 11.3 Å². The summed E-state index contributed by atoms with van der Waals surface area (Å²) < 4.78 is 0. The minimum Gasteiger partial charge on any atom is -0.144 e. The maximum Gasteiger partial charge on any atom is 0.0706 e. The minimum absolute atomic E-state index is 0.198. The fraction of sp³-hybridized carbons (Fsp3) is 0.636. The van der Waals surface area contributed by atoms with Crippen LogP contribution in [0.1, 0.15) is 41.0 Å². The van der Waals surface area contributed by atoms with Crippen molar-refractivity contribution in [1.29, 1.82) is 0 Å². The van der Waals surface area contributed by atoms with Crippen LogP contribution >= 0.6 is 22.9 Å². The van der Waals surface area contributed by atoms with Gasteiger partial charge in [0.05, 0.1) is 5.38 Å². The number of hydrogen-bond acceptors (Lipinski definition) is 1. The Kier molecular flexibility index (Phi) is 3.81. The van der Waals surface area contributed by atoms with Crippen LogP contribution in [0, 0.1) is 19.8 Å². The SMILES string of the molecule is CCC(C)C(Cl)c1sc(C)cc1C. The van der Waals surface area contributed by atoms with Crippen molar-refractivity contribution in [3.8, 4) is 0 Å². The third-order valence-electron chi connectivity index (χ3n) is 2.47. The number of hydrogen-bond donors (Lipinski definition) is 0. The van der Waals surface area contributed by atoms with Crippen molar-refractivity contribution in [2.75, 3.05) is 0 Å². The predicted molar refractivity (Wildman–Crippen MR) is 61.8 cm³/mol. The van der Waals surface area contributed by atoms with Crippen LogP contribution in [0.3, 0.4) is 0 Å². The second-order valence-corrected chi connectivity index (χ2v) is 5.45. The van der Waals surface area contributed by atoms with Crippen molar-refractivity contribution in [3.63, 3.8) is 0 Å². The van der Waals surface area contributed by atoms with E-state index >= 15 is 0 Å². The Morgan fingerprint density at radius 3 is 2.46 bits per heavy atom. The first-order chi connectivity index (χ1) is 6.06. The Labute approximate surface area is 89.9 Å². The predicted octanol–water partition coefficient (Wildman–Crippen LogP) is 4.69. The summed E-state index contributed by atoms with van der Waals surface area (Å²) in [5.41, 5.74) is 1.35. The minimum atomic E-state index is 0.198. The monoisotopic (exact) mass is 216 g/mol. The lowest BCUT2D eigenvalue weighted by atomic mass is 10.0. The molecule has 2 heteroatoms. The first-order valence-electron chi connectivity index (χ1n) is 4.77. The summed E-state index contributed by atoms with van der Waals surface area (Å²) in [5, 5.41) is 0.198. The van der Waals surface area contributed by atoms with Crippen molar-refractivity contribution < 1.29 is 0 Å². The molecule has 0 fully saturated rings. The summed E-state index contributed by atoms with van der Waals surface area (Å²) in [5.74, 6) is 0.568. The quantitative estimate of drug-likeness (QED) is 0.643. The zero-order valence-corrected chi connectivity index (χ0v) is 10.3. The molecule has 0 N–H and O–H groups in total. The third kappa shape index (κ3) is 2.47. The Balaban J connectivity index is 2.87. The van der Waals surface area contributed by atoms with Gasteiger partial charge < -0.3 is 0 Å². The van der Waals surface area contributed by atoms with Gasteiger partial charge in [0.25, 0.3) is 0 Å². The topological polar surface area (TPSA) is 0 Å². The second kappa shape index (κ2) is 4.47. The van der Waals surface area contributed by atoms with Gasteiger partial charge in [-0.2, -0.15) is 0 Å². The lowest BCUT2D eigenvalue weighted by Crippen LogP contribution is -2.01. The molecule has 0 saturated carbocycles. The molecule has 0 saturated heterocycles. The van der Waals surface area contributed by atoms with Gasteiger partial charge in [0.2, 0.25) is 0 Å². The van der Waals surface area contributed by atoms with E-state index in [0.29, 0.717) is 5.92 Å². The van der Waals surface area contributed by atoms with E-state index in [4.69, 9.17) is 11.6 Å². The van der Waals surface area contributed by atoms with Crippen molar-refractivity contribution >= 4 is 22.9 Å². The van der Waals surface area contributed by atoms with Gasteiger partial charge in [-0.15, -0.1) is 22.9 Å². The number of aryl methyl sites for hydroxylation is 2. The molecule has 0 aliphatic heterocycles. The highest BCUT2D eigenvalue weighted by Crippen LogP contribution is 2.37. The molecule has 0 spiro atoms. The summed E-state index contributed by atoms with van der Waals surface area (Å²) in [7, 11) is 0. The highest BCUT2D eigenvalue weighted by molar-refractivity contribution is 7.12. The number of halogens is 1. The maximum absolute atomic E-state index is 6.39. The molecule has 74 valence electrons. The Hall–Kier alpha value is -0.0100. The molecule has 2 atom stereocenters. The Morgan fingerprint density at radius 1 is 1.46 bits per heavy atom. The van der Waals surface area contributed by atoms with Crippen molar-refractivity contribution in [2.24, 2.45) is 5.92 Å². The number of alkyl halides is 1. The highest BCUT2D eigenvalue weighted by atomic mass is 35.5. The van der Waals surface area contributed by atoms with Gasteiger partial charge in [0.1, 0.15) is 0 Å². The van der Waals surface area contributed by atoms with Gasteiger partial charge in [0, 0.05) is 9.75 Å². The molecule has 0 radical (unpaired) electrons. The van der Waals surface area contributed by atoms with Crippen molar-refractivity contribution in [2.45, 2.75) is 39.5 Å². The van der Waals surface area contributed by atoms with Gasteiger partial charge in [-0.05, 0) is 31.4 Å². The highest BCUT2D eigenvalue weighted by Gasteiger charge is 2.18. The van der Waals surface area contributed by atoms with E-state index in [2.05, 4.69) is 33.8 Å². The zero-order valence-electron chi connectivity index (χ0n) is 8.73. The van der Waals surface area contributed by atoms with Crippen molar-refractivity contribution in [3.05, 3.63) is 21.4 Å². The van der Waals surface area contributed by atoms with Crippen molar-refractivity contribution in [1.82, 2.24) is 0 Å². The fourth-order valence-corrected chi connectivity index (χ4v) is 3.03. The van der Waals surface area contributed by atoms with Crippen LogP contribution in [0.25, 0.3) is 0 Å². The standard InChI is InChI=1S/C11H17ClS/c1-5-7(2)10(12)11-8(3)6-9(4)13-11/h6-7,10H,5H2,1-4H3. The molecular weight excluding hydrogens is 200 g/mol. The van der Waals surface area contributed by atoms with Gasteiger partial charge in [-0.25, -0.2) is 0 Å². The van der Waals surface area contributed by atoms with E-state index in [0.717, 1.165) is 6.42 Å². The molecule has 1 heterocycles. The largest absolute Gasteiger partial charge is 0.144 e. The summed E-state index contributed by atoms with van der Waals surface area (Å²) in [4.78, 5) is 2.72. The summed E-state index contributed by atoms with van der Waals surface area (Å²) in [6.45, 7) is 8.69. The Morgan fingerprint density at radius 2 is 2.08 bits per heavy atom. The van der Waals surface area contributed by atoms with Gasteiger partial charge in [-0.3, -0.25) is 0 Å². The molecule has 0 aromatic carbocycles. The molecular formula is C11H17ClS. The molecule has 0 nitrogen and oxygen atoms in total. The van der Waals surface area contributed by atoms with Crippen LogP contribution in [0.5, 0.6) is 0 Å². The number of thiophene rings is 1. The molecule has 0 aliphatic carbocycles. The van der Waals surface area contributed by atoms with Crippen LogP contribution < -0.4 is 0 Å². The first-order valence-corrected chi connectivity index (χ1v) is 6.02. The number of rotatable bonds is 3. The van der Waals surface area contributed by atoms with Crippen LogP contribution in [0.2, 0.25) is 0 Å². The normalized spacial score (nSPS) is 15.8. The van der Waals surface area contributed by atoms with E-state index in [-0.39, 0.29) is 5.38 Å². The van der Waals surface area contributed by atoms with E-state index in [1.165, 1.54) is 15.3 Å². The van der Waals surface area contributed by atoms with Gasteiger partial charge in [0.15, 0.2) is 0 Å². The molecule has 1 aromatic heterocycles. The van der Waals surface area contributed by atoms with Gasteiger partial charge in [-0.1, -0.05) is 20.3 Å². The summed E-state index contributed by atoms with van der Waals surface area (Å²) in [6, 6.07) is 2.22. The molecule has 1 rings (SSSR count). The van der Waals surface area contributed by atoms with Gasteiger partial charge >= 0.3 is 0 Å². The van der Waals surface area contributed by atoms with E-state index < -0.39 is 0 Å². The third-order valence-corrected chi connectivity index (χ3v) is 4.49. The zero-order chi connectivity index (χ0) is 10.0. The molecule has 2 unspecified atom stereocenters. The molecule has 0 amide bonds.